The summed E-state index contributed by atoms with van der Waals surface area (Å²) in [6, 6.07) is 11.7. The molecule has 0 spiro atoms. The average Bonchev–Trinajstić information content (AvgIpc) is 2.71. The molecule has 29 heavy (non-hydrogen) atoms. The summed E-state index contributed by atoms with van der Waals surface area (Å²) in [7, 11) is -2.54. The van der Waals surface area contributed by atoms with Crippen LogP contribution in [0.4, 0.5) is 0 Å². The van der Waals surface area contributed by atoms with Gasteiger partial charge < -0.3 is 15.2 Å². The van der Waals surface area contributed by atoms with Gasteiger partial charge in [0, 0.05) is 4.90 Å². The molecule has 2 unspecified atom stereocenters. The molecule has 0 fully saturated rings. The van der Waals surface area contributed by atoms with Gasteiger partial charge in [0.25, 0.3) is 0 Å². The Balaban J connectivity index is 2.13. The molecular weight excluding hydrogens is 412 g/mol. The van der Waals surface area contributed by atoms with Crippen LogP contribution < -0.4 is 14.8 Å². The van der Waals surface area contributed by atoms with E-state index >= 15 is 0 Å². The zero-order valence-corrected chi connectivity index (χ0v) is 18.4. The zero-order valence-electron chi connectivity index (χ0n) is 16.7. The fourth-order valence-electron chi connectivity index (χ4n) is 2.64. The number of benzene rings is 2. The molecule has 7 nitrogen and oxygen atoms in total. The normalized spacial score (nSPS) is 14.7. The van der Waals surface area contributed by atoms with Gasteiger partial charge in [0.15, 0.2) is 0 Å². The second-order valence-electron chi connectivity index (χ2n) is 6.52. The van der Waals surface area contributed by atoms with Crippen LogP contribution >= 0.6 is 11.8 Å². The molecule has 1 amide bonds. The van der Waals surface area contributed by atoms with E-state index in [-0.39, 0.29) is 10.9 Å². The monoisotopic (exact) mass is 438 g/mol. The van der Waals surface area contributed by atoms with Gasteiger partial charge in [-0.3, -0.25) is 4.79 Å². The lowest BCUT2D eigenvalue weighted by atomic mass is 10.1. The van der Waals surface area contributed by atoms with Crippen LogP contribution in [0.2, 0.25) is 0 Å². The fraction of sp³-hybridized carbons (Fsp3) is 0.350. The van der Waals surface area contributed by atoms with Crippen molar-refractivity contribution in [1.82, 2.24) is 10.0 Å². The van der Waals surface area contributed by atoms with Crippen molar-refractivity contribution in [2.45, 2.75) is 41.8 Å². The van der Waals surface area contributed by atoms with Crippen molar-refractivity contribution < 1.29 is 23.1 Å². The van der Waals surface area contributed by atoms with Crippen molar-refractivity contribution in [3.8, 4) is 5.75 Å². The van der Waals surface area contributed by atoms with Gasteiger partial charge in [-0.1, -0.05) is 12.1 Å². The number of carbonyl (C=O) groups excluding carboxylic acids is 1. The van der Waals surface area contributed by atoms with Gasteiger partial charge in [0.2, 0.25) is 15.9 Å². The summed E-state index contributed by atoms with van der Waals surface area (Å²) < 4.78 is 32.6. The Labute approximate surface area is 175 Å². The quantitative estimate of drug-likeness (QED) is 0.519. The van der Waals surface area contributed by atoms with E-state index in [0.29, 0.717) is 5.75 Å². The molecule has 3 atom stereocenters. The van der Waals surface area contributed by atoms with E-state index in [4.69, 9.17) is 4.74 Å². The second-order valence-corrected chi connectivity index (χ2v) is 9.11. The van der Waals surface area contributed by atoms with Crippen molar-refractivity contribution in [1.29, 1.82) is 0 Å². The summed E-state index contributed by atoms with van der Waals surface area (Å²) in [5, 5.41) is 12.8. The van der Waals surface area contributed by atoms with Crippen LogP contribution in [0.25, 0.3) is 0 Å². The smallest absolute Gasteiger partial charge is 0.241 e. The lowest BCUT2D eigenvalue weighted by Crippen LogP contribution is -2.52. The number of thioether (sulfide) groups is 1. The van der Waals surface area contributed by atoms with Gasteiger partial charge in [-0.2, -0.15) is 4.72 Å². The first-order chi connectivity index (χ1) is 13.7. The molecule has 2 aromatic rings. The number of hydrogen-bond donors (Lipinski definition) is 3. The van der Waals surface area contributed by atoms with E-state index in [9.17, 15) is 18.3 Å². The first kappa shape index (κ1) is 23.2. The summed E-state index contributed by atoms with van der Waals surface area (Å²) in [5.41, 5.74) is 0.874. The Morgan fingerprint density at radius 2 is 1.66 bits per heavy atom. The van der Waals surface area contributed by atoms with Gasteiger partial charge in [-0.05, 0) is 62.1 Å². The molecule has 0 radical (unpaired) electrons. The molecule has 0 heterocycles. The number of hydrogen-bond acceptors (Lipinski definition) is 6. The van der Waals surface area contributed by atoms with Crippen molar-refractivity contribution in [2.75, 3.05) is 13.4 Å². The number of rotatable bonds is 9. The summed E-state index contributed by atoms with van der Waals surface area (Å²) in [5.74, 6) is -0.103. The highest BCUT2D eigenvalue weighted by Gasteiger charge is 2.30. The average molecular weight is 439 g/mol. The summed E-state index contributed by atoms with van der Waals surface area (Å²) in [4.78, 5) is 13.7. The van der Waals surface area contributed by atoms with Gasteiger partial charge in [0.1, 0.15) is 11.8 Å². The highest BCUT2D eigenvalue weighted by Crippen LogP contribution is 2.20. The number of amides is 1. The lowest BCUT2D eigenvalue weighted by molar-refractivity contribution is -0.125. The highest BCUT2D eigenvalue weighted by atomic mass is 32.2. The van der Waals surface area contributed by atoms with Gasteiger partial charge in [-0.15, -0.1) is 11.8 Å². The molecule has 9 heteroatoms. The topological polar surface area (TPSA) is 105 Å². The van der Waals surface area contributed by atoms with E-state index in [0.717, 1.165) is 10.5 Å². The number of aliphatic hydroxyl groups excluding tert-OH is 1. The number of sulfonamides is 1. The summed E-state index contributed by atoms with van der Waals surface area (Å²) >= 11 is 1.61. The number of carbonyl (C=O) groups is 1. The minimum Gasteiger partial charge on any atom is -0.497 e. The Kier molecular flexibility index (Phi) is 8.09. The molecule has 0 bridgehead atoms. The number of ether oxygens (including phenoxy) is 1. The molecule has 3 N–H and O–H groups in total. The molecule has 0 aliphatic rings. The predicted molar refractivity (Wildman–Crippen MR) is 114 cm³/mol. The molecule has 0 aliphatic carbocycles. The Bertz CT molecular complexity index is 913. The van der Waals surface area contributed by atoms with Gasteiger partial charge in [0.05, 0.1) is 24.2 Å². The van der Waals surface area contributed by atoms with E-state index in [1.54, 1.807) is 18.7 Å². The molecule has 158 valence electrons. The number of aliphatic hydroxyl groups is 1. The third-order valence-corrected chi connectivity index (χ3v) is 6.59. The van der Waals surface area contributed by atoms with Crippen molar-refractivity contribution in [3.05, 3.63) is 54.1 Å². The maximum Gasteiger partial charge on any atom is 0.241 e. The van der Waals surface area contributed by atoms with Gasteiger partial charge in [-0.25, -0.2) is 8.42 Å². The maximum absolute atomic E-state index is 12.7. The van der Waals surface area contributed by atoms with Crippen molar-refractivity contribution in [2.24, 2.45) is 0 Å². The Morgan fingerprint density at radius 3 is 2.14 bits per heavy atom. The van der Waals surface area contributed by atoms with Crippen LogP contribution in [0.15, 0.2) is 58.3 Å². The molecule has 0 aliphatic heterocycles. The largest absolute Gasteiger partial charge is 0.497 e. The SMILES string of the molecule is COc1ccc(S(=O)(=O)NC(C(=O)N[C@H](C)c2ccc(SC)cc2)C(C)O)cc1. The highest BCUT2D eigenvalue weighted by molar-refractivity contribution is 7.98. The Hall–Kier alpha value is -2.07. The third-order valence-electron chi connectivity index (χ3n) is 4.39. The van der Waals surface area contributed by atoms with Crippen LogP contribution in [-0.4, -0.2) is 44.9 Å². The maximum atomic E-state index is 12.7. The van der Waals surface area contributed by atoms with Crippen molar-refractivity contribution in [3.63, 3.8) is 0 Å². The summed E-state index contributed by atoms with van der Waals surface area (Å²) in [6.07, 6.45) is 0.747. The third kappa shape index (κ3) is 6.20. The van der Waals surface area contributed by atoms with Crippen LogP contribution in [0.5, 0.6) is 5.75 Å². The standard InChI is InChI=1S/C20H26N2O5S2/c1-13(15-5-9-17(28-4)10-6-15)21-20(24)19(14(2)23)22-29(25,26)18-11-7-16(27-3)8-12-18/h5-14,19,22-23H,1-4H3,(H,21,24)/t13-,14?,19?/m1/s1. The molecule has 0 aromatic heterocycles. The van der Waals surface area contributed by atoms with Crippen LogP contribution in [0.1, 0.15) is 25.5 Å². The first-order valence-electron chi connectivity index (χ1n) is 8.96. The van der Waals surface area contributed by atoms with E-state index in [2.05, 4.69) is 10.0 Å². The number of methoxy groups -OCH3 is 1. The molecular formula is C20H26N2O5S2. The van der Waals surface area contributed by atoms with Crippen LogP contribution in [0, 0.1) is 0 Å². The fourth-order valence-corrected chi connectivity index (χ4v) is 4.32. The lowest BCUT2D eigenvalue weighted by Gasteiger charge is -2.23. The predicted octanol–water partition coefficient (Wildman–Crippen LogP) is 2.32. The molecule has 0 saturated carbocycles. The zero-order chi connectivity index (χ0) is 21.6. The molecule has 2 aromatic carbocycles. The van der Waals surface area contributed by atoms with E-state index in [1.807, 2.05) is 30.5 Å². The Morgan fingerprint density at radius 1 is 1.07 bits per heavy atom. The first-order valence-corrected chi connectivity index (χ1v) is 11.7. The van der Waals surface area contributed by atoms with E-state index in [1.165, 1.54) is 38.3 Å². The molecule has 2 rings (SSSR count). The minimum absolute atomic E-state index is 0.0301. The number of nitrogens with one attached hydrogen (secondary N) is 2. The van der Waals surface area contributed by atoms with Crippen molar-refractivity contribution >= 4 is 27.7 Å². The second kappa shape index (κ2) is 10.1. The minimum atomic E-state index is -4.01. The van der Waals surface area contributed by atoms with Gasteiger partial charge >= 0.3 is 0 Å². The van der Waals surface area contributed by atoms with Crippen LogP contribution in [-0.2, 0) is 14.8 Å². The van der Waals surface area contributed by atoms with E-state index < -0.39 is 28.1 Å². The summed E-state index contributed by atoms with van der Waals surface area (Å²) in [6.45, 7) is 3.15. The van der Waals surface area contributed by atoms with Crippen LogP contribution in [0.3, 0.4) is 0 Å². The molecule has 0 saturated heterocycles.